The second-order valence-electron chi connectivity index (χ2n) is 5.43. The van der Waals surface area contributed by atoms with Crippen LogP contribution in [-0.4, -0.2) is 26.2 Å². The van der Waals surface area contributed by atoms with Crippen molar-refractivity contribution in [1.82, 2.24) is 16.2 Å². The van der Waals surface area contributed by atoms with E-state index in [1.54, 1.807) is 0 Å². The monoisotopic (exact) mass is 271 g/mol. The maximum Gasteiger partial charge on any atom is 0.00997 e. The molecule has 0 saturated heterocycles. The van der Waals surface area contributed by atoms with E-state index in [1.807, 2.05) is 0 Å². The van der Waals surface area contributed by atoms with E-state index in [4.69, 9.17) is 0 Å². The molecule has 116 valence electrons. The first-order valence-electron chi connectivity index (χ1n) is 8.58. The maximum absolute atomic E-state index is 3.55. The first-order valence-corrected chi connectivity index (χ1v) is 8.58. The molecule has 3 heteroatoms. The molecule has 0 amide bonds. The van der Waals surface area contributed by atoms with Crippen molar-refractivity contribution in [3.63, 3.8) is 0 Å². The summed E-state index contributed by atoms with van der Waals surface area (Å²) >= 11 is 0. The zero-order chi connectivity index (χ0) is 14.0. The molecule has 0 unspecified atom stereocenters. The summed E-state index contributed by atoms with van der Waals surface area (Å²) in [4.78, 5) is 0. The van der Waals surface area contributed by atoms with Gasteiger partial charge in [0.05, 0.1) is 0 Å². The van der Waals surface area contributed by atoms with Gasteiger partial charge in [0.25, 0.3) is 0 Å². The third kappa shape index (κ3) is 17.9. The molecule has 0 radical (unpaired) electrons. The van der Waals surface area contributed by atoms with E-state index < -0.39 is 0 Å². The number of hydrogen-bond donors (Lipinski definition) is 3. The van der Waals surface area contributed by atoms with Gasteiger partial charge in [-0.1, -0.05) is 52.4 Å². The third-order valence-electron chi connectivity index (χ3n) is 3.36. The smallest absolute Gasteiger partial charge is 0.00997 e. The molecule has 19 heavy (non-hydrogen) atoms. The van der Waals surface area contributed by atoms with Crippen molar-refractivity contribution in [2.45, 2.75) is 78.1 Å². The van der Waals surface area contributed by atoms with E-state index in [9.17, 15) is 0 Å². The molecule has 3 nitrogen and oxygen atoms in total. The van der Waals surface area contributed by atoms with Crippen molar-refractivity contribution in [3.8, 4) is 0 Å². The molecule has 0 atom stereocenters. The number of rotatable bonds is 16. The van der Waals surface area contributed by atoms with Crippen molar-refractivity contribution in [2.24, 2.45) is 0 Å². The largest absolute Gasteiger partial charge is 0.317 e. The summed E-state index contributed by atoms with van der Waals surface area (Å²) in [6.45, 7) is 9.05. The lowest BCUT2D eigenvalue weighted by atomic mass is 10.1. The van der Waals surface area contributed by atoms with Gasteiger partial charge in [-0.25, -0.2) is 0 Å². The van der Waals surface area contributed by atoms with Crippen LogP contribution < -0.4 is 16.2 Å². The second-order valence-corrected chi connectivity index (χ2v) is 5.43. The van der Waals surface area contributed by atoms with Crippen molar-refractivity contribution < 1.29 is 0 Å². The number of hydrazine groups is 1. The van der Waals surface area contributed by atoms with Gasteiger partial charge in [-0.15, -0.1) is 0 Å². The number of hydrogen-bond acceptors (Lipinski definition) is 3. The Morgan fingerprint density at radius 1 is 0.474 bits per heavy atom. The standard InChI is InChI=1S/C16H37N3/c1-3-5-6-7-10-14-17-15-11-8-9-12-16-19-18-13-4-2/h17-19H,3-16H2,1-2H3. The van der Waals surface area contributed by atoms with Crippen LogP contribution in [0.15, 0.2) is 0 Å². The van der Waals surface area contributed by atoms with Gasteiger partial charge in [0.15, 0.2) is 0 Å². The summed E-state index contributed by atoms with van der Waals surface area (Å²) < 4.78 is 0. The van der Waals surface area contributed by atoms with E-state index >= 15 is 0 Å². The van der Waals surface area contributed by atoms with Crippen LogP contribution in [0.2, 0.25) is 0 Å². The molecule has 0 aromatic carbocycles. The van der Waals surface area contributed by atoms with Gasteiger partial charge in [-0.05, 0) is 38.8 Å². The van der Waals surface area contributed by atoms with E-state index in [0.717, 1.165) is 13.1 Å². The van der Waals surface area contributed by atoms with Crippen LogP contribution in [0.25, 0.3) is 0 Å². The predicted octanol–water partition coefficient (Wildman–Crippen LogP) is 3.61. The highest BCUT2D eigenvalue weighted by Crippen LogP contribution is 2.01. The van der Waals surface area contributed by atoms with E-state index in [1.165, 1.54) is 77.3 Å². The Balaban J connectivity index is 2.88. The molecule has 0 aliphatic carbocycles. The summed E-state index contributed by atoms with van der Waals surface area (Å²) in [6.07, 6.45) is 13.4. The number of nitrogens with one attached hydrogen (secondary N) is 3. The topological polar surface area (TPSA) is 36.1 Å². The molecule has 0 aromatic rings. The Bertz CT molecular complexity index is 135. The molecule has 0 heterocycles. The fraction of sp³-hybridized carbons (Fsp3) is 1.00. The first-order chi connectivity index (χ1) is 9.41. The zero-order valence-electron chi connectivity index (χ0n) is 13.4. The predicted molar refractivity (Wildman–Crippen MR) is 86.4 cm³/mol. The van der Waals surface area contributed by atoms with Gasteiger partial charge in [-0.3, -0.25) is 10.9 Å². The molecule has 0 saturated carbocycles. The van der Waals surface area contributed by atoms with Crippen LogP contribution in [0.3, 0.4) is 0 Å². The molecule has 0 fully saturated rings. The van der Waals surface area contributed by atoms with Crippen LogP contribution in [-0.2, 0) is 0 Å². The fourth-order valence-electron chi connectivity index (χ4n) is 2.10. The van der Waals surface area contributed by atoms with Crippen LogP contribution in [0.5, 0.6) is 0 Å². The minimum atomic E-state index is 1.07. The SMILES string of the molecule is CCCCCCCNCCCCCCNNCCC. The van der Waals surface area contributed by atoms with Crippen LogP contribution in [0.1, 0.15) is 78.1 Å². The van der Waals surface area contributed by atoms with Gasteiger partial charge in [0.1, 0.15) is 0 Å². The summed E-state index contributed by atoms with van der Waals surface area (Å²) in [7, 11) is 0. The third-order valence-corrected chi connectivity index (χ3v) is 3.36. The maximum atomic E-state index is 3.55. The highest BCUT2D eigenvalue weighted by Gasteiger charge is 1.92. The summed E-state index contributed by atoms with van der Waals surface area (Å²) in [5, 5.41) is 3.55. The summed E-state index contributed by atoms with van der Waals surface area (Å²) in [5.74, 6) is 0. The minimum Gasteiger partial charge on any atom is -0.317 e. The van der Waals surface area contributed by atoms with Crippen molar-refractivity contribution in [2.75, 3.05) is 26.2 Å². The Labute approximate surface area is 121 Å². The van der Waals surface area contributed by atoms with Crippen LogP contribution >= 0.6 is 0 Å². The van der Waals surface area contributed by atoms with E-state index in [-0.39, 0.29) is 0 Å². The van der Waals surface area contributed by atoms with Crippen molar-refractivity contribution >= 4 is 0 Å². The molecule has 0 rings (SSSR count). The number of unbranched alkanes of at least 4 members (excludes halogenated alkanes) is 7. The van der Waals surface area contributed by atoms with E-state index in [2.05, 4.69) is 30.0 Å². The molecule has 0 aliphatic rings. The highest BCUT2D eigenvalue weighted by atomic mass is 15.3. The van der Waals surface area contributed by atoms with Crippen molar-refractivity contribution in [3.05, 3.63) is 0 Å². The Morgan fingerprint density at radius 2 is 1.00 bits per heavy atom. The molecule has 0 spiro atoms. The normalized spacial score (nSPS) is 11.1. The average Bonchev–Trinajstić information content (AvgIpc) is 2.43. The Morgan fingerprint density at radius 3 is 1.58 bits per heavy atom. The molecule has 3 N–H and O–H groups in total. The molecule has 0 bridgehead atoms. The van der Waals surface area contributed by atoms with Gasteiger partial charge in [0.2, 0.25) is 0 Å². The molecular formula is C16H37N3. The summed E-state index contributed by atoms with van der Waals surface area (Å²) in [6, 6.07) is 0. The quantitative estimate of drug-likeness (QED) is 0.296. The summed E-state index contributed by atoms with van der Waals surface area (Å²) in [5.41, 5.74) is 6.47. The van der Waals surface area contributed by atoms with Gasteiger partial charge in [-0.2, -0.15) is 0 Å². The van der Waals surface area contributed by atoms with Gasteiger partial charge in [0, 0.05) is 13.1 Å². The van der Waals surface area contributed by atoms with Gasteiger partial charge >= 0.3 is 0 Å². The van der Waals surface area contributed by atoms with Crippen LogP contribution in [0, 0.1) is 0 Å². The minimum absolute atomic E-state index is 1.07. The first kappa shape index (κ1) is 18.9. The fourth-order valence-corrected chi connectivity index (χ4v) is 2.10. The van der Waals surface area contributed by atoms with E-state index in [0.29, 0.717) is 0 Å². The molecule has 0 aliphatic heterocycles. The second kappa shape index (κ2) is 17.9. The lowest BCUT2D eigenvalue weighted by Gasteiger charge is -2.06. The molecular weight excluding hydrogens is 234 g/mol. The van der Waals surface area contributed by atoms with Crippen molar-refractivity contribution in [1.29, 1.82) is 0 Å². The average molecular weight is 271 g/mol. The lowest BCUT2D eigenvalue weighted by Crippen LogP contribution is -2.32. The lowest BCUT2D eigenvalue weighted by molar-refractivity contribution is 0.497. The Hall–Kier alpha value is -0.120. The zero-order valence-corrected chi connectivity index (χ0v) is 13.4. The highest BCUT2D eigenvalue weighted by molar-refractivity contribution is 4.51. The van der Waals surface area contributed by atoms with Crippen LogP contribution in [0.4, 0.5) is 0 Å². The Kier molecular flexibility index (Phi) is 17.8. The molecule has 0 aromatic heterocycles. The van der Waals surface area contributed by atoms with Gasteiger partial charge < -0.3 is 5.32 Å².